The number of hydrogen-bond donors (Lipinski definition) is 0. The molecule has 5 heterocycles. The van der Waals surface area contributed by atoms with Crippen LogP contribution in [-0.4, -0.2) is 29.0 Å². The van der Waals surface area contributed by atoms with Gasteiger partial charge in [-0.25, -0.2) is 4.98 Å². The van der Waals surface area contributed by atoms with Gasteiger partial charge < -0.3 is 0 Å². The molecule has 0 spiro atoms. The Hall–Kier alpha value is -3.78. The summed E-state index contributed by atoms with van der Waals surface area (Å²) in [6.45, 7) is 4.02. The molecule has 7 nitrogen and oxygen atoms in total. The molecule has 32 heavy (non-hydrogen) atoms. The molecule has 6 aromatic rings. The second-order valence-electron chi connectivity index (χ2n) is 7.82. The van der Waals surface area contributed by atoms with Gasteiger partial charge in [0, 0.05) is 46.6 Å². The molecule has 156 valence electrons. The van der Waals surface area contributed by atoms with Crippen LogP contribution in [0.3, 0.4) is 0 Å². The number of aryl methyl sites for hydroxylation is 2. The van der Waals surface area contributed by atoms with E-state index < -0.39 is 0 Å². The maximum absolute atomic E-state index is 12.6. The van der Waals surface area contributed by atoms with Gasteiger partial charge in [-0.1, -0.05) is 30.0 Å². The predicted molar refractivity (Wildman–Crippen MR) is 126 cm³/mol. The number of benzene rings is 1. The molecule has 0 radical (unpaired) electrons. The van der Waals surface area contributed by atoms with Crippen molar-refractivity contribution in [3.05, 3.63) is 88.2 Å². The average molecular weight is 439 g/mol. The summed E-state index contributed by atoms with van der Waals surface area (Å²) in [4.78, 5) is 21.6. The van der Waals surface area contributed by atoms with Crippen LogP contribution < -0.4 is 5.56 Å². The van der Waals surface area contributed by atoms with Crippen LogP contribution in [-0.2, 0) is 5.75 Å². The maximum Gasteiger partial charge on any atom is 0.258 e. The molecule has 0 aliphatic rings. The van der Waals surface area contributed by atoms with Crippen LogP contribution in [0.1, 0.15) is 16.8 Å². The quantitative estimate of drug-likeness (QED) is 0.302. The zero-order valence-electron chi connectivity index (χ0n) is 17.5. The smallest absolute Gasteiger partial charge is 0.258 e. The molecular formula is C24H18N6OS. The fourth-order valence-corrected chi connectivity index (χ4v) is 4.90. The summed E-state index contributed by atoms with van der Waals surface area (Å²) in [5, 5.41) is 12.9. The molecule has 5 aromatic heterocycles. The minimum absolute atomic E-state index is 0.0799. The highest BCUT2D eigenvalue weighted by molar-refractivity contribution is 7.98. The Labute approximate surface area is 186 Å². The van der Waals surface area contributed by atoms with Crippen LogP contribution in [0.5, 0.6) is 0 Å². The van der Waals surface area contributed by atoms with Crippen molar-refractivity contribution in [1.29, 1.82) is 0 Å². The van der Waals surface area contributed by atoms with E-state index >= 15 is 0 Å². The lowest BCUT2D eigenvalue weighted by Crippen LogP contribution is -2.16. The van der Waals surface area contributed by atoms with E-state index in [1.807, 2.05) is 50.5 Å². The Bertz CT molecular complexity index is 1740. The SMILES string of the molecule is Cc1cc2nc(CSc3nnc4c5ccncc5c5ccccc5n34)cc(=O)n2cc1C. The number of nitrogens with zero attached hydrogens (tertiary/aromatic N) is 6. The molecule has 0 amide bonds. The summed E-state index contributed by atoms with van der Waals surface area (Å²) < 4.78 is 3.67. The highest BCUT2D eigenvalue weighted by Gasteiger charge is 2.15. The van der Waals surface area contributed by atoms with E-state index in [9.17, 15) is 4.79 Å². The zero-order chi connectivity index (χ0) is 21.8. The van der Waals surface area contributed by atoms with Crippen LogP contribution >= 0.6 is 11.8 Å². The highest BCUT2D eigenvalue weighted by Crippen LogP contribution is 2.31. The Morgan fingerprint density at radius 1 is 0.969 bits per heavy atom. The molecule has 0 saturated heterocycles. The van der Waals surface area contributed by atoms with Crippen molar-refractivity contribution in [3.63, 3.8) is 0 Å². The molecule has 0 aliphatic heterocycles. The Kier molecular flexibility index (Phi) is 4.22. The molecule has 0 bridgehead atoms. The van der Waals surface area contributed by atoms with Gasteiger partial charge in [0.1, 0.15) is 5.65 Å². The number of hydrogen-bond acceptors (Lipinski definition) is 6. The van der Waals surface area contributed by atoms with Gasteiger partial charge in [0.25, 0.3) is 5.56 Å². The van der Waals surface area contributed by atoms with Crippen molar-refractivity contribution >= 4 is 44.7 Å². The van der Waals surface area contributed by atoms with Crippen molar-refractivity contribution in [2.75, 3.05) is 0 Å². The summed E-state index contributed by atoms with van der Waals surface area (Å²) in [6, 6.07) is 13.7. The maximum atomic E-state index is 12.6. The van der Waals surface area contributed by atoms with Crippen LogP contribution in [0.25, 0.3) is 33.0 Å². The van der Waals surface area contributed by atoms with Gasteiger partial charge in [-0.3, -0.25) is 18.6 Å². The third kappa shape index (κ3) is 2.87. The van der Waals surface area contributed by atoms with E-state index in [4.69, 9.17) is 4.98 Å². The number of aromatic nitrogens is 6. The first-order valence-electron chi connectivity index (χ1n) is 10.2. The van der Waals surface area contributed by atoms with E-state index in [1.54, 1.807) is 16.7 Å². The normalized spacial score (nSPS) is 11.8. The van der Waals surface area contributed by atoms with Gasteiger partial charge in [-0.05, 0) is 43.2 Å². The van der Waals surface area contributed by atoms with Crippen molar-refractivity contribution in [1.82, 2.24) is 29.0 Å². The van der Waals surface area contributed by atoms with Crippen LogP contribution in [0, 0.1) is 13.8 Å². The van der Waals surface area contributed by atoms with E-state index in [0.29, 0.717) is 17.1 Å². The minimum Gasteiger partial charge on any atom is -0.269 e. The number of fused-ring (bicyclic) bond motifs is 7. The lowest BCUT2D eigenvalue weighted by molar-refractivity contribution is 0.936. The summed E-state index contributed by atoms with van der Waals surface area (Å²) in [5.41, 5.74) is 5.28. The average Bonchev–Trinajstić information content (AvgIpc) is 3.24. The van der Waals surface area contributed by atoms with Crippen molar-refractivity contribution in [2.24, 2.45) is 0 Å². The number of para-hydroxylation sites is 1. The number of pyridine rings is 3. The summed E-state index contributed by atoms with van der Waals surface area (Å²) in [7, 11) is 0. The van der Waals surface area contributed by atoms with E-state index in [-0.39, 0.29) is 5.56 Å². The minimum atomic E-state index is -0.0799. The Morgan fingerprint density at radius 2 is 1.84 bits per heavy atom. The topological polar surface area (TPSA) is 77.4 Å². The number of thioether (sulfide) groups is 1. The third-order valence-corrected chi connectivity index (χ3v) is 6.76. The van der Waals surface area contributed by atoms with Gasteiger partial charge in [0.05, 0.1) is 11.2 Å². The highest BCUT2D eigenvalue weighted by atomic mass is 32.2. The zero-order valence-corrected chi connectivity index (χ0v) is 18.3. The van der Waals surface area contributed by atoms with Crippen LogP contribution in [0.4, 0.5) is 0 Å². The number of rotatable bonds is 3. The van der Waals surface area contributed by atoms with Gasteiger partial charge >= 0.3 is 0 Å². The standard InChI is InChI=1S/C24H18N6OS/c1-14-9-21-26-16(10-22(31)29(21)12-15(14)2)13-32-24-28-27-23-18-7-8-25-11-19(18)17-5-3-4-6-20(17)30(23)24/h3-12H,13H2,1-2H3. The molecule has 0 atom stereocenters. The molecular weight excluding hydrogens is 420 g/mol. The van der Waals surface area contributed by atoms with E-state index in [2.05, 4.69) is 31.7 Å². The first-order valence-corrected chi connectivity index (χ1v) is 11.2. The predicted octanol–water partition coefficient (Wildman–Crippen LogP) is 4.35. The van der Waals surface area contributed by atoms with Crippen LogP contribution in [0.2, 0.25) is 0 Å². The second kappa shape index (κ2) is 7.13. The molecule has 0 aliphatic carbocycles. The summed E-state index contributed by atoms with van der Waals surface area (Å²) in [6.07, 6.45) is 5.49. The van der Waals surface area contributed by atoms with Crippen molar-refractivity contribution in [2.45, 2.75) is 24.8 Å². The van der Waals surface area contributed by atoms with E-state index in [1.165, 1.54) is 11.8 Å². The first kappa shape index (κ1) is 18.9. The molecule has 6 rings (SSSR count). The molecule has 0 unspecified atom stereocenters. The molecule has 0 N–H and O–H groups in total. The van der Waals surface area contributed by atoms with E-state index in [0.717, 1.165) is 43.6 Å². The second-order valence-corrected chi connectivity index (χ2v) is 8.76. The van der Waals surface area contributed by atoms with Gasteiger partial charge in [-0.15, -0.1) is 10.2 Å². The molecule has 8 heteroatoms. The van der Waals surface area contributed by atoms with Crippen LogP contribution in [0.15, 0.2) is 71.0 Å². The summed E-state index contributed by atoms with van der Waals surface area (Å²) in [5.74, 6) is 0.516. The molecule has 1 aromatic carbocycles. The monoisotopic (exact) mass is 438 g/mol. The Morgan fingerprint density at radius 3 is 2.75 bits per heavy atom. The van der Waals surface area contributed by atoms with Gasteiger partial charge in [-0.2, -0.15) is 0 Å². The summed E-state index contributed by atoms with van der Waals surface area (Å²) >= 11 is 1.52. The Balaban J connectivity index is 1.46. The third-order valence-electron chi connectivity index (χ3n) is 5.80. The fraction of sp³-hybridized carbons (Fsp3) is 0.125. The van der Waals surface area contributed by atoms with Gasteiger partial charge in [0.15, 0.2) is 10.8 Å². The molecule has 0 fully saturated rings. The lowest BCUT2D eigenvalue weighted by Gasteiger charge is -2.09. The molecule has 0 saturated carbocycles. The largest absolute Gasteiger partial charge is 0.269 e. The lowest BCUT2D eigenvalue weighted by atomic mass is 10.1. The first-order chi connectivity index (χ1) is 15.6. The van der Waals surface area contributed by atoms with Crippen molar-refractivity contribution in [3.8, 4) is 0 Å². The van der Waals surface area contributed by atoms with Gasteiger partial charge in [0.2, 0.25) is 0 Å². The van der Waals surface area contributed by atoms with Crippen molar-refractivity contribution < 1.29 is 0 Å². The fourth-order valence-electron chi connectivity index (χ4n) is 4.06.